The normalized spacial score (nSPS) is 15.5. The Morgan fingerprint density at radius 1 is 1.21 bits per heavy atom. The molecule has 0 saturated carbocycles. The van der Waals surface area contributed by atoms with E-state index in [2.05, 4.69) is 50.4 Å². The Morgan fingerprint density at radius 2 is 1.98 bits per heavy atom. The van der Waals surface area contributed by atoms with Crippen molar-refractivity contribution in [3.05, 3.63) is 85.4 Å². The lowest BCUT2D eigenvalue weighted by Gasteiger charge is -2.35. The van der Waals surface area contributed by atoms with Gasteiger partial charge in [0.05, 0.1) is 35.2 Å². The topological polar surface area (TPSA) is 100 Å². The third-order valence-corrected chi connectivity index (χ3v) is 8.59. The van der Waals surface area contributed by atoms with Gasteiger partial charge in [0.1, 0.15) is 5.65 Å². The molecule has 1 aliphatic rings. The number of aromatic amines is 1. The van der Waals surface area contributed by atoms with E-state index in [1.54, 1.807) is 29.3 Å². The van der Waals surface area contributed by atoms with Crippen LogP contribution >= 0.6 is 15.9 Å². The number of halogens is 4. The predicted molar refractivity (Wildman–Crippen MR) is 161 cm³/mol. The summed E-state index contributed by atoms with van der Waals surface area (Å²) in [5.74, 6) is 0.424. The highest BCUT2D eigenvalue weighted by Crippen LogP contribution is 2.36. The van der Waals surface area contributed by atoms with Crippen molar-refractivity contribution in [1.82, 2.24) is 29.3 Å². The lowest BCUT2D eigenvalue weighted by molar-refractivity contribution is -0.138. The van der Waals surface area contributed by atoms with Crippen molar-refractivity contribution in [2.45, 2.75) is 52.4 Å². The summed E-state index contributed by atoms with van der Waals surface area (Å²) in [6.45, 7) is 5.97. The molecule has 4 heterocycles. The van der Waals surface area contributed by atoms with Crippen LogP contribution in [-0.4, -0.2) is 48.3 Å². The van der Waals surface area contributed by atoms with E-state index in [0.717, 1.165) is 22.5 Å². The van der Waals surface area contributed by atoms with Gasteiger partial charge in [0.25, 0.3) is 11.5 Å². The van der Waals surface area contributed by atoms with Crippen LogP contribution in [0.3, 0.4) is 0 Å². The minimum atomic E-state index is -4.62. The minimum Gasteiger partial charge on any atom is -0.371 e. The van der Waals surface area contributed by atoms with Gasteiger partial charge in [0.15, 0.2) is 5.82 Å². The third kappa shape index (κ3) is 4.89. The zero-order valence-electron chi connectivity index (χ0n) is 23.9. The first-order chi connectivity index (χ1) is 20.4. The molecule has 13 heteroatoms. The minimum absolute atomic E-state index is 0.0211. The summed E-state index contributed by atoms with van der Waals surface area (Å²) < 4.78 is 44.0. The predicted octanol–water partition coefficient (Wildman–Crippen LogP) is 5.97. The molecule has 0 radical (unpaired) electrons. The number of nitrogens with zero attached hydrogens (tertiary/aromatic N) is 5. The Labute approximate surface area is 252 Å². The zero-order chi connectivity index (χ0) is 30.8. The van der Waals surface area contributed by atoms with Crippen LogP contribution in [0.25, 0.3) is 22.2 Å². The van der Waals surface area contributed by atoms with Gasteiger partial charge < -0.3 is 10.2 Å². The van der Waals surface area contributed by atoms with E-state index < -0.39 is 23.7 Å². The number of nitrogens with one attached hydrogen (secondary N) is 2. The first-order valence-corrected chi connectivity index (χ1v) is 14.7. The van der Waals surface area contributed by atoms with Crippen LogP contribution in [0.4, 0.5) is 19.0 Å². The molecule has 224 valence electrons. The smallest absolute Gasteiger partial charge is 0.371 e. The van der Waals surface area contributed by atoms with Crippen LogP contribution in [-0.2, 0) is 25.6 Å². The van der Waals surface area contributed by atoms with Gasteiger partial charge in [0.2, 0.25) is 0 Å². The Hall–Kier alpha value is -4.13. The first-order valence-electron chi connectivity index (χ1n) is 13.9. The molecule has 43 heavy (non-hydrogen) atoms. The number of amides is 1. The molecule has 0 fully saturated rings. The number of carbonyl (C=O) groups excluding carboxylic acids is 1. The maximum atomic E-state index is 14.3. The van der Waals surface area contributed by atoms with E-state index in [9.17, 15) is 22.8 Å². The summed E-state index contributed by atoms with van der Waals surface area (Å²) in [5.41, 5.74) is 2.70. The maximum absolute atomic E-state index is 14.3. The molecule has 5 aromatic rings. The largest absolute Gasteiger partial charge is 0.417 e. The molecule has 0 unspecified atom stereocenters. The van der Waals surface area contributed by atoms with Crippen LogP contribution in [0.5, 0.6) is 0 Å². The molecule has 3 aromatic heterocycles. The van der Waals surface area contributed by atoms with Crippen LogP contribution in [0, 0.1) is 5.92 Å². The Kier molecular flexibility index (Phi) is 7.10. The SMILES string of the molecule is CNc1n[nH]c2cc(-n3c(=O)c4c(n5ncc(CC(C)C)c35)CN(C(=O)c3ccc(Br)c(C(F)(F)F)c3)[C@@H](C)C4)ccc12. The second-order valence-corrected chi connectivity index (χ2v) is 12.2. The van der Waals surface area contributed by atoms with E-state index in [4.69, 9.17) is 0 Å². The Bertz CT molecular complexity index is 1960. The van der Waals surface area contributed by atoms with Crippen LogP contribution < -0.4 is 10.9 Å². The second-order valence-electron chi connectivity index (χ2n) is 11.3. The van der Waals surface area contributed by atoms with Crippen molar-refractivity contribution < 1.29 is 18.0 Å². The molecule has 2 aromatic carbocycles. The number of hydrogen-bond acceptors (Lipinski definition) is 5. The highest BCUT2D eigenvalue weighted by atomic mass is 79.9. The van der Waals surface area contributed by atoms with E-state index >= 15 is 0 Å². The third-order valence-electron chi connectivity index (χ3n) is 7.89. The fourth-order valence-corrected chi connectivity index (χ4v) is 6.33. The van der Waals surface area contributed by atoms with Gasteiger partial charge in [-0.2, -0.15) is 23.4 Å². The van der Waals surface area contributed by atoms with Gasteiger partial charge in [-0.25, -0.2) is 4.52 Å². The molecule has 2 N–H and O–H groups in total. The molecule has 1 atom stereocenters. The molecule has 0 bridgehead atoms. The average Bonchev–Trinajstić information content (AvgIpc) is 3.56. The number of anilines is 1. The van der Waals surface area contributed by atoms with Crippen LogP contribution in [0.2, 0.25) is 0 Å². The van der Waals surface area contributed by atoms with Gasteiger partial charge in [-0.05, 0) is 62.1 Å². The summed E-state index contributed by atoms with van der Waals surface area (Å²) in [6, 6.07) is 8.66. The lowest BCUT2D eigenvalue weighted by atomic mass is 9.97. The Morgan fingerprint density at radius 3 is 2.67 bits per heavy atom. The van der Waals surface area contributed by atoms with Gasteiger partial charge >= 0.3 is 6.18 Å². The molecule has 1 aliphatic heterocycles. The molecule has 0 aliphatic carbocycles. The summed E-state index contributed by atoms with van der Waals surface area (Å²) in [7, 11) is 1.78. The number of aromatic nitrogens is 5. The second kappa shape index (κ2) is 10.5. The van der Waals surface area contributed by atoms with Crippen molar-refractivity contribution in [3.8, 4) is 5.69 Å². The molecule has 9 nitrogen and oxygen atoms in total. The van der Waals surface area contributed by atoms with Crippen LogP contribution in [0.15, 0.2) is 51.9 Å². The van der Waals surface area contributed by atoms with Crippen LogP contribution in [0.1, 0.15) is 53.5 Å². The molecular weight excluding hydrogens is 627 g/mol. The van der Waals surface area contributed by atoms with E-state index in [0.29, 0.717) is 34.8 Å². The number of fused-ring (bicyclic) bond motifs is 4. The fraction of sp³-hybridized carbons (Fsp3) is 0.333. The van der Waals surface area contributed by atoms with Gasteiger partial charge in [-0.1, -0.05) is 29.8 Å². The van der Waals surface area contributed by atoms with Gasteiger partial charge in [-0.3, -0.25) is 19.3 Å². The summed E-state index contributed by atoms with van der Waals surface area (Å²) >= 11 is 2.94. The lowest BCUT2D eigenvalue weighted by Crippen LogP contribution is -2.46. The number of H-pyrrole nitrogens is 1. The van der Waals surface area contributed by atoms with E-state index in [1.165, 1.54) is 17.0 Å². The molecule has 0 saturated heterocycles. The fourth-order valence-electron chi connectivity index (χ4n) is 5.86. The number of benzene rings is 2. The summed E-state index contributed by atoms with van der Waals surface area (Å²) in [5, 5.41) is 15.9. The van der Waals surface area contributed by atoms with Crippen molar-refractivity contribution in [1.29, 1.82) is 0 Å². The number of carbonyl (C=O) groups is 1. The monoisotopic (exact) mass is 655 g/mol. The maximum Gasteiger partial charge on any atom is 0.417 e. The van der Waals surface area contributed by atoms with Crippen molar-refractivity contribution >= 4 is 44.2 Å². The molecular formula is C30H29BrF3N7O2. The molecule has 1 amide bonds. The van der Waals surface area contributed by atoms with Crippen molar-refractivity contribution in [2.75, 3.05) is 12.4 Å². The van der Waals surface area contributed by atoms with E-state index in [1.807, 2.05) is 18.2 Å². The first kappa shape index (κ1) is 29.0. The quantitative estimate of drug-likeness (QED) is 0.243. The zero-order valence-corrected chi connectivity index (χ0v) is 25.5. The summed E-state index contributed by atoms with van der Waals surface area (Å²) in [6.07, 6.45) is -2.00. The highest BCUT2D eigenvalue weighted by Gasteiger charge is 2.36. The van der Waals surface area contributed by atoms with Gasteiger partial charge in [-0.15, -0.1) is 0 Å². The van der Waals surface area contributed by atoms with E-state index in [-0.39, 0.29) is 34.5 Å². The average molecular weight is 657 g/mol. The number of rotatable bonds is 5. The molecule has 0 spiro atoms. The summed E-state index contributed by atoms with van der Waals surface area (Å²) in [4.78, 5) is 29.4. The van der Waals surface area contributed by atoms with Crippen molar-refractivity contribution in [3.63, 3.8) is 0 Å². The highest BCUT2D eigenvalue weighted by molar-refractivity contribution is 9.10. The number of alkyl halides is 3. The van der Waals surface area contributed by atoms with Crippen molar-refractivity contribution in [2.24, 2.45) is 5.92 Å². The van der Waals surface area contributed by atoms with Gasteiger partial charge in [0, 0.05) is 39.6 Å². The molecule has 6 rings (SSSR count). The Balaban J connectivity index is 1.50. The standard InChI is InChI=1S/C30H29BrF3N7O2/c1-15(2)9-18-13-36-41-25-14-39(28(42)17-5-8-23(31)22(11-17)30(32,33)34)16(3)10-21(25)29(43)40(27(18)41)19-6-7-20-24(12-19)37-38-26(20)35-4/h5-8,11-13,15-16H,9-10,14H2,1-4H3,(H2,35,37,38)/t16-/m0/s1. The number of hydrogen-bond donors (Lipinski definition) is 2.